The first-order valence-electron chi connectivity index (χ1n) is 8.81. The van der Waals surface area contributed by atoms with E-state index in [0.29, 0.717) is 19.2 Å². The Morgan fingerprint density at radius 1 is 1.26 bits per heavy atom. The summed E-state index contributed by atoms with van der Waals surface area (Å²) in [5.74, 6) is 0.908. The number of hydrogen-bond donors (Lipinski definition) is 1. The summed E-state index contributed by atoms with van der Waals surface area (Å²) in [6, 6.07) is 6.70. The van der Waals surface area contributed by atoms with E-state index < -0.39 is 6.10 Å². The molecule has 130 valence electrons. The maximum absolute atomic E-state index is 10.3. The highest BCUT2D eigenvalue weighted by Gasteiger charge is 2.23. The lowest BCUT2D eigenvalue weighted by atomic mass is 10.0. The molecule has 0 radical (unpaired) electrons. The van der Waals surface area contributed by atoms with E-state index in [1.165, 1.54) is 25.9 Å². The second-order valence-corrected chi connectivity index (χ2v) is 6.79. The molecule has 0 aliphatic carbocycles. The Hall–Kier alpha value is -1.10. The number of aryl methyl sites for hydroxylation is 2. The lowest BCUT2D eigenvalue weighted by Crippen LogP contribution is -2.46. The van der Waals surface area contributed by atoms with Gasteiger partial charge >= 0.3 is 0 Å². The molecule has 1 aromatic rings. The lowest BCUT2D eigenvalue weighted by Gasteiger charge is -2.37. The van der Waals surface area contributed by atoms with Crippen LogP contribution in [-0.2, 0) is 0 Å². The first kappa shape index (κ1) is 18.2. The summed E-state index contributed by atoms with van der Waals surface area (Å²) >= 11 is 0. The standard InChI is InChI=1S/C19H32N2O2/c1-5-21-11-9-17(10-12-21)20(4)13-18(22)14-23-19-15(2)7-6-8-16(19)3/h6-8,17-18,22H,5,9-14H2,1-4H3. The average Bonchev–Trinajstić information content (AvgIpc) is 2.54. The number of para-hydroxylation sites is 1. The zero-order valence-electron chi connectivity index (χ0n) is 15.1. The van der Waals surface area contributed by atoms with Gasteiger partial charge < -0.3 is 19.6 Å². The Kier molecular flexibility index (Phi) is 6.88. The third kappa shape index (κ3) is 5.20. The molecule has 0 amide bonds. The van der Waals surface area contributed by atoms with E-state index in [-0.39, 0.29) is 0 Å². The van der Waals surface area contributed by atoms with E-state index in [1.807, 2.05) is 32.0 Å². The molecule has 4 heteroatoms. The summed E-state index contributed by atoms with van der Waals surface area (Å²) in [6.07, 6.45) is 1.92. The molecule has 23 heavy (non-hydrogen) atoms. The first-order chi connectivity index (χ1) is 11.0. The number of nitrogens with zero attached hydrogens (tertiary/aromatic N) is 2. The van der Waals surface area contributed by atoms with Crippen LogP contribution < -0.4 is 4.74 Å². The van der Waals surface area contributed by atoms with Crippen molar-refractivity contribution in [3.63, 3.8) is 0 Å². The van der Waals surface area contributed by atoms with Crippen molar-refractivity contribution in [3.05, 3.63) is 29.3 Å². The number of likely N-dealkylation sites (N-methyl/N-ethyl adjacent to an activating group) is 1. The minimum absolute atomic E-state index is 0.351. The highest BCUT2D eigenvalue weighted by molar-refractivity contribution is 5.39. The Labute approximate surface area is 141 Å². The van der Waals surface area contributed by atoms with Crippen molar-refractivity contribution >= 4 is 0 Å². The third-order valence-electron chi connectivity index (χ3n) is 4.96. The molecule has 1 atom stereocenters. The van der Waals surface area contributed by atoms with E-state index in [1.54, 1.807) is 0 Å². The molecule has 1 unspecified atom stereocenters. The molecule has 0 bridgehead atoms. The number of aliphatic hydroxyl groups excluding tert-OH is 1. The second-order valence-electron chi connectivity index (χ2n) is 6.79. The predicted octanol–water partition coefficient (Wildman–Crippen LogP) is 2.46. The van der Waals surface area contributed by atoms with Crippen LogP contribution in [-0.4, -0.2) is 66.9 Å². The highest BCUT2D eigenvalue weighted by atomic mass is 16.5. The SMILES string of the molecule is CCN1CCC(N(C)CC(O)COc2c(C)cccc2C)CC1. The van der Waals surface area contributed by atoms with Gasteiger partial charge in [-0.2, -0.15) is 0 Å². The van der Waals surface area contributed by atoms with Crippen LogP contribution in [0.5, 0.6) is 5.75 Å². The number of piperidine rings is 1. The van der Waals surface area contributed by atoms with Crippen LogP contribution >= 0.6 is 0 Å². The summed E-state index contributed by atoms with van der Waals surface area (Å²) in [5.41, 5.74) is 2.25. The smallest absolute Gasteiger partial charge is 0.125 e. The molecule has 1 aromatic carbocycles. The topological polar surface area (TPSA) is 35.9 Å². The maximum Gasteiger partial charge on any atom is 0.125 e. The van der Waals surface area contributed by atoms with Gasteiger partial charge in [0.15, 0.2) is 0 Å². The van der Waals surface area contributed by atoms with Crippen LogP contribution in [0.15, 0.2) is 18.2 Å². The lowest BCUT2D eigenvalue weighted by molar-refractivity contribution is 0.0475. The van der Waals surface area contributed by atoms with Crippen molar-refractivity contribution in [1.29, 1.82) is 0 Å². The molecule has 1 fully saturated rings. The van der Waals surface area contributed by atoms with Gasteiger partial charge in [-0.25, -0.2) is 0 Å². The van der Waals surface area contributed by atoms with Crippen LogP contribution in [0.3, 0.4) is 0 Å². The van der Waals surface area contributed by atoms with Crippen LogP contribution in [0.2, 0.25) is 0 Å². The number of likely N-dealkylation sites (tertiary alicyclic amines) is 1. The Balaban J connectivity index is 1.77. The molecule has 1 saturated heterocycles. The number of aliphatic hydroxyl groups is 1. The monoisotopic (exact) mass is 320 g/mol. The normalized spacial score (nSPS) is 18.3. The van der Waals surface area contributed by atoms with Crippen molar-refractivity contribution in [2.24, 2.45) is 0 Å². The Bertz CT molecular complexity index is 464. The molecule has 1 heterocycles. The van der Waals surface area contributed by atoms with Crippen LogP contribution in [0.25, 0.3) is 0 Å². The van der Waals surface area contributed by atoms with Crippen molar-refractivity contribution < 1.29 is 9.84 Å². The average molecular weight is 320 g/mol. The first-order valence-corrected chi connectivity index (χ1v) is 8.81. The number of ether oxygens (including phenoxy) is 1. The van der Waals surface area contributed by atoms with Gasteiger partial charge in [-0.15, -0.1) is 0 Å². The van der Waals surface area contributed by atoms with E-state index >= 15 is 0 Å². The van der Waals surface area contributed by atoms with Crippen LogP contribution in [0.4, 0.5) is 0 Å². The number of hydrogen-bond acceptors (Lipinski definition) is 4. The zero-order chi connectivity index (χ0) is 16.8. The molecule has 1 aliphatic rings. The molecular weight excluding hydrogens is 288 g/mol. The van der Waals surface area contributed by atoms with E-state index in [2.05, 4.69) is 23.8 Å². The van der Waals surface area contributed by atoms with E-state index in [9.17, 15) is 5.11 Å². The van der Waals surface area contributed by atoms with Crippen molar-refractivity contribution in [2.45, 2.75) is 45.8 Å². The summed E-state index contributed by atoms with van der Waals surface area (Å²) in [7, 11) is 2.12. The summed E-state index contributed by atoms with van der Waals surface area (Å²) in [5, 5.41) is 10.3. The van der Waals surface area contributed by atoms with E-state index in [0.717, 1.165) is 23.4 Å². The Morgan fingerprint density at radius 3 is 2.43 bits per heavy atom. The molecule has 0 saturated carbocycles. The predicted molar refractivity (Wildman–Crippen MR) is 95.2 cm³/mol. The maximum atomic E-state index is 10.3. The molecule has 0 aromatic heterocycles. The molecule has 0 spiro atoms. The van der Waals surface area contributed by atoms with Crippen molar-refractivity contribution in [1.82, 2.24) is 9.80 Å². The van der Waals surface area contributed by atoms with Gasteiger partial charge in [-0.3, -0.25) is 0 Å². The minimum Gasteiger partial charge on any atom is -0.490 e. The quantitative estimate of drug-likeness (QED) is 0.837. The van der Waals surface area contributed by atoms with Gasteiger partial charge in [-0.1, -0.05) is 25.1 Å². The molecule has 4 nitrogen and oxygen atoms in total. The minimum atomic E-state index is -0.455. The van der Waals surface area contributed by atoms with Crippen LogP contribution in [0, 0.1) is 13.8 Å². The molecule has 2 rings (SSSR count). The largest absolute Gasteiger partial charge is 0.490 e. The summed E-state index contributed by atoms with van der Waals surface area (Å²) in [6.45, 7) is 10.8. The fraction of sp³-hybridized carbons (Fsp3) is 0.684. The summed E-state index contributed by atoms with van der Waals surface area (Å²) < 4.78 is 5.87. The van der Waals surface area contributed by atoms with Crippen molar-refractivity contribution in [2.75, 3.05) is 39.8 Å². The zero-order valence-corrected chi connectivity index (χ0v) is 15.1. The van der Waals surface area contributed by atoms with Gasteiger partial charge in [0.1, 0.15) is 18.5 Å². The third-order valence-corrected chi connectivity index (χ3v) is 4.96. The number of rotatable bonds is 7. The fourth-order valence-electron chi connectivity index (χ4n) is 3.42. The highest BCUT2D eigenvalue weighted by Crippen LogP contribution is 2.22. The van der Waals surface area contributed by atoms with E-state index in [4.69, 9.17) is 4.74 Å². The summed E-state index contributed by atoms with van der Waals surface area (Å²) in [4.78, 5) is 4.79. The fourth-order valence-corrected chi connectivity index (χ4v) is 3.42. The van der Waals surface area contributed by atoms with Gasteiger partial charge in [0.05, 0.1) is 0 Å². The van der Waals surface area contributed by atoms with Crippen LogP contribution in [0.1, 0.15) is 30.9 Å². The number of benzene rings is 1. The Morgan fingerprint density at radius 2 is 1.87 bits per heavy atom. The molecular formula is C19H32N2O2. The van der Waals surface area contributed by atoms with Gasteiger partial charge in [-0.05, 0) is 64.5 Å². The molecule has 1 aliphatic heterocycles. The van der Waals surface area contributed by atoms with Gasteiger partial charge in [0, 0.05) is 12.6 Å². The molecule has 1 N–H and O–H groups in total. The van der Waals surface area contributed by atoms with Gasteiger partial charge in [0.2, 0.25) is 0 Å². The second kappa shape index (κ2) is 8.67. The van der Waals surface area contributed by atoms with Crippen molar-refractivity contribution in [3.8, 4) is 5.75 Å². The van der Waals surface area contributed by atoms with Gasteiger partial charge in [0.25, 0.3) is 0 Å².